The van der Waals surface area contributed by atoms with Crippen LogP contribution in [0.4, 0.5) is 24.5 Å². The molecule has 1 N–H and O–H groups in total. The fourth-order valence-corrected chi connectivity index (χ4v) is 1.81. The van der Waals surface area contributed by atoms with Crippen molar-refractivity contribution in [3.05, 3.63) is 69.5 Å². The second-order valence-corrected chi connectivity index (χ2v) is 4.35. The molecule has 4 nitrogen and oxygen atoms in total. The van der Waals surface area contributed by atoms with E-state index in [4.69, 9.17) is 0 Å². The summed E-state index contributed by atoms with van der Waals surface area (Å²) in [6.45, 7) is 0.234. The summed E-state index contributed by atoms with van der Waals surface area (Å²) in [6.07, 6.45) is 0.426. The first-order chi connectivity index (χ1) is 9.97. The fraction of sp³-hybridized carbons (Fsp3) is 0.143. The number of hydrogen-bond donors (Lipinski definition) is 1. The molecule has 21 heavy (non-hydrogen) atoms. The van der Waals surface area contributed by atoms with Crippen LogP contribution in [0.3, 0.4) is 0 Å². The Morgan fingerprint density at radius 1 is 1.10 bits per heavy atom. The molecule has 110 valence electrons. The van der Waals surface area contributed by atoms with E-state index in [2.05, 4.69) is 5.32 Å². The van der Waals surface area contributed by atoms with Gasteiger partial charge in [-0.2, -0.15) is 0 Å². The van der Waals surface area contributed by atoms with Crippen LogP contribution in [-0.4, -0.2) is 11.5 Å². The van der Waals surface area contributed by atoms with Crippen LogP contribution in [0.15, 0.2) is 36.4 Å². The van der Waals surface area contributed by atoms with E-state index >= 15 is 0 Å². The molecule has 0 radical (unpaired) electrons. The van der Waals surface area contributed by atoms with E-state index in [1.807, 2.05) is 0 Å². The lowest BCUT2D eigenvalue weighted by Crippen LogP contribution is -2.07. The van der Waals surface area contributed by atoms with Crippen LogP contribution in [0.1, 0.15) is 5.56 Å². The number of nitrogens with one attached hydrogen (secondary N) is 1. The standard InChI is InChI=1S/C14H11F3N2O2/c15-10-7-12(16)14(17)13(8-10)18-6-5-9-1-3-11(4-2-9)19(20)21/h1-4,7-8,18H,5-6H2. The zero-order valence-electron chi connectivity index (χ0n) is 10.8. The Labute approximate surface area is 118 Å². The summed E-state index contributed by atoms with van der Waals surface area (Å²) in [7, 11) is 0. The van der Waals surface area contributed by atoms with Crippen LogP contribution in [0.5, 0.6) is 0 Å². The van der Waals surface area contributed by atoms with Gasteiger partial charge in [-0.1, -0.05) is 12.1 Å². The molecule has 2 rings (SSSR count). The minimum Gasteiger partial charge on any atom is -0.382 e. The summed E-state index contributed by atoms with van der Waals surface area (Å²) in [5, 5.41) is 13.1. The zero-order valence-corrected chi connectivity index (χ0v) is 10.8. The van der Waals surface area contributed by atoms with Gasteiger partial charge in [0.25, 0.3) is 5.69 Å². The molecule has 0 amide bonds. The number of hydrogen-bond acceptors (Lipinski definition) is 3. The van der Waals surface area contributed by atoms with Crippen molar-refractivity contribution in [2.24, 2.45) is 0 Å². The molecule has 0 aliphatic carbocycles. The summed E-state index contributed by atoms with van der Waals surface area (Å²) in [4.78, 5) is 9.99. The molecule has 0 spiro atoms. The van der Waals surface area contributed by atoms with Gasteiger partial charge < -0.3 is 5.32 Å². The highest BCUT2D eigenvalue weighted by Gasteiger charge is 2.10. The lowest BCUT2D eigenvalue weighted by Gasteiger charge is -2.08. The highest BCUT2D eigenvalue weighted by atomic mass is 19.2. The van der Waals surface area contributed by atoms with Gasteiger partial charge in [-0.15, -0.1) is 0 Å². The lowest BCUT2D eigenvalue weighted by molar-refractivity contribution is -0.384. The first kappa shape index (κ1) is 14.8. The summed E-state index contributed by atoms with van der Waals surface area (Å²) < 4.78 is 39.3. The van der Waals surface area contributed by atoms with Gasteiger partial charge in [-0.25, -0.2) is 13.2 Å². The van der Waals surface area contributed by atoms with Gasteiger partial charge in [-0.05, 0) is 12.0 Å². The lowest BCUT2D eigenvalue weighted by atomic mass is 10.1. The normalized spacial score (nSPS) is 10.4. The third-order valence-electron chi connectivity index (χ3n) is 2.87. The minimum absolute atomic E-state index is 0.0232. The number of nitro benzene ring substituents is 1. The highest BCUT2D eigenvalue weighted by molar-refractivity contribution is 5.45. The number of rotatable bonds is 5. The summed E-state index contributed by atoms with van der Waals surface area (Å²) in [5.74, 6) is -3.26. The molecule has 0 heterocycles. The topological polar surface area (TPSA) is 55.2 Å². The molecule has 2 aromatic rings. The van der Waals surface area contributed by atoms with Crippen molar-refractivity contribution >= 4 is 11.4 Å². The van der Waals surface area contributed by atoms with Crippen molar-refractivity contribution in [2.45, 2.75) is 6.42 Å². The van der Waals surface area contributed by atoms with E-state index in [9.17, 15) is 23.3 Å². The van der Waals surface area contributed by atoms with Gasteiger partial charge in [-0.3, -0.25) is 10.1 Å². The van der Waals surface area contributed by atoms with Crippen molar-refractivity contribution < 1.29 is 18.1 Å². The molecule has 0 atom stereocenters. The first-order valence-electron chi connectivity index (χ1n) is 6.09. The van der Waals surface area contributed by atoms with Gasteiger partial charge in [0, 0.05) is 30.8 Å². The zero-order chi connectivity index (χ0) is 15.4. The molecular formula is C14H11F3N2O2. The van der Waals surface area contributed by atoms with Crippen LogP contribution in [-0.2, 0) is 6.42 Å². The number of non-ortho nitro benzene ring substituents is 1. The number of halogens is 3. The van der Waals surface area contributed by atoms with Crippen LogP contribution in [0, 0.1) is 27.6 Å². The Balaban J connectivity index is 1.97. The molecule has 0 saturated carbocycles. The van der Waals surface area contributed by atoms with E-state index in [1.54, 1.807) is 12.1 Å². The van der Waals surface area contributed by atoms with Crippen molar-refractivity contribution in [3.63, 3.8) is 0 Å². The predicted molar refractivity (Wildman–Crippen MR) is 71.6 cm³/mol. The SMILES string of the molecule is O=[N+]([O-])c1ccc(CCNc2cc(F)cc(F)c2F)cc1. The molecular weight excluding hydrogens is 285 g/mol. The Morgan fingerprint density at radius 2 is 1.76 bits per heavy atom. The van der Waals surface area contributed by atoms with Crippen LogP contribution in [0.25, 0.3) is 0 Å². The fourth-order valence-electron chi connectivity index (χ4n) is 1.81. The molecule has 7 heteroatoms. The molecule has 0 saturated heterocycles. The molecule has 0 aliphatic heterocycles. The van der Waals surface area contributed by atoms with E-state index in [-0.39, 0.29) is 17.9 Å². The average Bonchev–Trinajstić information content (AvgIpc) is 2.44. The maximum absolute atomic E-state index is 13.4. The monoisotopic (exact) mass is 296 g/mol. The van der Waals surface area contributed by atoms with Gasteiger partial charge in [0.05, 0.1) is 10.6 Å². The largest absolute Gasteiger partial charge is 0.382 e. The van der Waals surface area contributed by atoms with E-state index in [0.717, 1.165) is 11.6 Å². The van der Waals surface area contributed by atoms with Crippen molar-refractivity contribution in [3.8, 4) is 0 Å². The summed E-state index contributed by atoms with van der Waals surface area (Å²) >= 11 is 0. The highest BCUT2D eigenvalue weighted by Crippen LogP contribution is 2.19. The van der Waals surface area contributed by atoms with Gasteiger partial charge in [0.15, 0.2) is 11.6 Å². The van der Waals surface area contributed by atoms with Gasteiger partial charge >= 0.3 is 0 Å². The number of benzene rings is 2. The number of anilines is 1. The molecule has 0 aromatic heterocycles. The molecule has 2 aromatic carbocycles. The van der Waals surface area contributed by atoms with Gasteiger partial charge in [0.1, 0.15) is 5.82 Å². The Morgan fingerprint density at radius 3 is 2.38 bits per heavy atom. The van der Waals surface area contributed by atoms with E-state index in [1.165, 1.54) is 12.1 Å². The number of nitro groups is 1. The quantitative estimate of drug-likeness (QED) is 0.520. The van der Waals surface area contributed by atoms with Crippen molar-refractivity contribution in [1.29, 1.82) is 0 Å². The first-order valence-corrected chi connectivity index (χ1v) is 6.09. The average molecular weight is 296 g/mol. The smallest absolute Gasteiger partial charge is 0.269 e. The van der Waals surface area contributed by atoms with Crippen LogP contribution >= 0.6 is 0 Å². The Hall–Kier alpha value is -2.57. The van der Waals surface area contributed by atoms with Crippen LogP contribution in [0.2, 0.25) is 0 Å². The summed E-state index contributed by atoms with van der Waals surface area (Å²) in [6, 6.07) is 7.20. The Kier molecular flexibility index (Phi) is 4.42. The van der Waals surface area contributed by atoms with E-state index in [0.29, 0.717) is 12.5 Å². The van der Waals surface area contributed by atoms with Crippen molar-refractivity contribution in [1.82, 2.24) is 0 Å². The second kappa shape index (κ2) is 6.25. The van der Waals surface area contributed by atoms with Crippen LogP contribution < -0.4 is 5.32 Å². The maximum Gasteiger partial charge on any atom is 0.269 e. The molecule has 0 bridgehead atoms. The maximum atomic E-state index is 13.4. The molecule has 0 fully saturated rings. The van der Waals surface area contributed by atoms with Gasteiger partial charge in [0.2, 0.25) is 0 Å². The molecule has 0 unspecified atom stereocenters. The minimum atomic E-state index is -1.26. The Bertz CT molecular complexity index is 660. The number of nitrogens with zero attached hydrogens (tertiary/aromatic N) is 1. The third-order valence-corrected chi connectivity index (χ3v) is 2.87. The summed E-state index contributed by atoms with van der Waals surface area (Å²) in [5.41, 5.74) is 0.504. The molecule has 0 aliphatic rings. The second-order valence-electron chi connectivity index (χ2n) is 4.35. The predicted octanol–water partition coefficient (Wildman–Crippen LogP) is 3.67. The third kappa shape index (κ3) is 3.71. The van der Waals surface area contributed by atoms with Crippen molar-refractivity contribution in [2.75, 3.05) is 11.9 Å². The van der Waals surface area contributed by atoms with E-state index < -0.39 is 22.4 Å².